The zero-order chi connectivity index (χ0) is 20.5. The van der Waals surface area contributed by atoms with Crippen LogP contribution in [0.15, 0.2) is 85.4 Å². The number of carboxylic acid groups (broad SMARTS) is 1. The summed E-state index contributed by atoms with van der Waals surface area (Å²) >= 11 is 2.38. The zero-order valence-electron chi connectivity index (χ0n) is 15.3. The average Bonchev–Trinajstić information content (AvgIpc) is 3.44. The lowest BCUT2D eigenvalue weighted by Crippen LogP contribution is -1.96. The summed E-state index contributed by atoms with van der Waals surface area (Å²) in [6.07, 6.45) is 1.49. The summed E-state index contributed by atoms with van der Waals surface area (Å²) in [7, 11) is 0. The van der Waals surface area contributed by atoms with Gasteiger partial charge in [0.25, 0.3) is 0 Å². The number of para-hydroxylation sites is 4. The van der Waals surface area contributed by atoms with Crippen LogP contribution in [0.2, 0.25) is 0 Å². The number of aliphatic carboxylic acids is 1. The second-order valence-electron chi connectivity index (χ2n) is 6.29. The first-order valence-corrected chi connectivity index (χ1v) is 10.6. The van der Waals surface area contributed by atoms with Gasteiger partial charge in [0, 0.05) is 6.08 Å². The molecule has 0 aliphatic heterocycles. The van der Waals surface area contributed by atoms with Crippen LogP contribution < -0.4 is 0 Å². The number of H-pyrrole nitrogens is 2. The Morgan fingerprint density at radius 3 is 2.20 bits per heavy atom. The molecule has 0 unspecified atom stereocenters. The molecular formula is C21H14N4O3S2. The SMILES string of the molecule is O=C(O)/C(=C/c1ccc(Sc2nc3ccccc3[nH]2)o1)Sc1nc2ccccc2[nH]1. The second kappa shape index (κ2) is 7.77. The highest BCUT2D eigenvalue weighted by Gasteiger charge is 2.15. The van der Waals surface area contributed by atoms with Crippen LogP contribution in [0.4, 0.5) is 0 Å². The topological polar surface area (TPSA) is 108 Å². The van der Waals surface area contributed by atoms with Gasteiger partial charge in [-0.2, -0.15) is 0 Å². The number of thioether (sulfide) groups is 1. The monoisotopic (exact) mass is 434 g/mol. The fourth-order valence-electron chi connectivity index (χ4n) is 2.89. The third-order valence-corrected chi connectivity index (χ3v) is 5.93. The van der Waals surface area contributed by atoms with E-state index in [2.05, 4.69) is 19.9 Å². The van der Waals surface area contributed by atoms with Crippen molar-refractivity contribution in [2.24, 2.45) is 0 Å². The highest BCUT2D eigenvalue weighted by molar-refractivity contribution is 8.04. The van der Waals surface area contributed by atoms with Crippen LogP contribution in [-0.4, -0.2) is 31.0 Å². The molecule has 5 rings (SSSR count). The van der Waals surface area contributed by atoms with Gasteiger partial charge in [-0.15, -0.1) is 0 Å². The summed E-state index contributed by atoms with van der Waals surface area (Å²) < 4.78 is 5.78. The Labute approximate surface area is 178 Å². The third kappa shape index (κ3) is 3.85. The van der Waals surface area contributed by atoms with Crippen molar-refractivity contribution in [3.05, 3.63) is 71.3 Å². The van der Waals surface area contributed by atoms with Gasteiger partial charge in [-0.3, -0.25) is 0 Å². The maximum Gasteiger partial charge on any atom is 0.342 e. The molecule has 30 heavy (non-hydrogen) atoms. The normalized spacial score (nSPS) is 12.1. The average molecular weight is 435 g/mol. The maximum atomic E-state index is 11.7. The van der Waals surface area contributed by atoms with Gasteiger partial charge in [-0.1, -0.05) is 24.3 Å². The largest absolute Gasteiger partial charge is 0.477 e. The minimum absolute atomic E-state index is 0.101. The minimum atomic E-state index is -1.05. The van der Waals surface area contributed by atoms with Crippen molar-refractivity contribution < 1.29 is 14.3 Å². The number of furan rings is 1. The summed E-state index contributed by atoms with van der Waals surface area (Å²) in [4.78, 5) is 27.1. The van der Waals surface area contributed by atoms with Crippen molar-refractivity contribution in [2.45, 2.75) is 15.4 Å². The number of hydrogen-bond donors (Lipinski definition) is 3. The molecule has 2 aromatic carbocycles. The number of nitrogens with one attached hydrogen (secondary N) is 2. The zero-order valence-corrected chi connectivity index (χ0v) is 17.0. The van der Waals surface area contributed by atoms with E-state index in [1.54, 1.807) is 12.1 Å². The number of aromatic nitrogens is 4. The van der Waals surface area contributed by atoms with E-state index in [4.69, 9.17) is 4.42 Å². The standard InChI is InChI=1S/C21H14N4O3S2/c26-19(27)17(29-20-22-13-5-1-2-6-14(13)23-20)11-12-9-10-18(28-12)30-21-24-15-7-3-4-8-16(15)25-21/h1-11H,(H,22,23)(H,24,25)(H,26,27)/b17-11-. The lowest BCUT2D eigenvalue weighted by Gasteiger charge is -1.98. The predicted molar refractivity (Wildman–Crippen MR) is 116 cm³/mol. The number of nitrogens with zero attached hydrogens (tertiary/aromatic N) is 2. The van der Waals surface area contributed by atoms with Crippen molar-refractivity contribution in [2.75, 3.05) is 0 Å². The van der Waals surface area contributed by atoms with Gasteiger partial charge in [-0.25, -0.2) is 14.8 Å². The second-order valence-corrected chi connectivity index (χ2v) is 8.32. The molecule has 3 N–H and O–H groups in total. The molecule has 0 aliphatic rings. The summed E-state index contributed by atoms with van der Waals surface area (Å²) in [6, 6.07) is 18.8. The van der Waals surface area contributed by atoms with E-state index in [1.807, 2.05) is 48.5 Å². The van der Waals surface area contributed by atoms with Crippen LogP contribution in [0.1, 0.15) is 5.76 Å². The highest BCUT2D eigenvalue weighted by Crippen LogP contribution is 2.32. The van der Waals surface area contributed by atoms with Crippen molar-refractivity contribution in [3.63, 3.8) is 0 Å². The van der Waals surface area contributed by atoms with E-state index < -0.39 is 5.97 Å². The van der Waals surface area contributed by atoms with Crippen LogP contribution in [0.25, 0.3) is 28.1 Å². The number of carboxylic acids is 1. The van der Waals surface area contributed by atoms with E-state index in [0.717, 1.165) is 33.8 Å². The molecule has 148 valence electrons. The number of aromatic amines is 2. The smallest absolute Gasteiger partial charge is 0.342 e. The van der Waals surface area contributed by atoms with Crippen LogP contribution in [0.3, 0.4) is 0 Å². The number of rotatable bonds is 6. The quantitative estimate of drug-likeness (QED) is 0.242. The van der Waals surface area contributed by atoms with Crippen molar-refractivity contribution in [1.29, 1.82) is 0 Å². The van der Waals surface area contributed by atoms with E-state index in [1.165, 1.54) is 17.8 Å². The highest BCUT2D eigenvalue weighted by atomic mass is 32.2. The number of hydrogen-bond acceptors (Lipinski definition) is 6. The van der Waals surface area contributed by atoms with Gasteiger partial charge in [0.2, 0.25) is 0 Å². The molecule has 3 heterocycles. The molecular weight excluding hydrogens is 420 g/mol. The van der Waals surface area contributed by atoms with Gasteiger partial charge >= 0.3 is 5.97 Å². The summed E-state index contributed by atoms with van der Waals surface area (Å²) in [5, 5.41) is 11.4. The van der Waals surface area contributed by atoms with Gasteiger partial charge in [0.15, 0.2) is 15.4 Å². The molecule has 0 radical (unpaired) electrons. The first kappa shape index (κ1) is 18.6. The van der Waals surface area contributed by atoms with E-state index in [9.17, 15) is 9.90 Å². The van der Waals surface area contributed by atoms with E-state index in [0.29, 0.717) is 21.2 Å². The van der Waals surface area contributed by atoms with Gasteiger partial charge in [0.05, 0.1) is 22.1 Å². The Balaban J connectivity index is 1.36. The van der Waals surface area contributed by atoms with E-state index >= 15 is 0 Å². The molecule has 3 aromatic heterocycles. The first-order valence-electron chi connectivity index (χ1n) is 8.94. The van der Waals surface area contributed by atoms with Gasteiger partial charge in [-0.05, 0) is 59.9 Å². The van der Waals surface area contributed by atoms with Crippen molar-refractivity contribution in [1.82, 2.24) is 19.9 Å². The first-order chi connectivity index (χ1) is 14.6. The van der Waals surface area contributed by atoms with E-state index in [-0.39, 0.29) is 4.91 Å². The summed E-state index contributed by atoms with van der Waals surface area (Å²) in [6.45, 7) is 0. The molecule has 0 amide bonds. The fourth-order valence-corrected chi connectivity index (χ4v) is 4.43. The molecule has 0 saturated carbocycles. The maximum absolute atomic E-state index is 11.7. The Kier molecular flexibility index (Phi) is 4.82. The molecule has 5 aromatic rings. The molecule has 7 nitrogen and oxygen atoms in total. The number of fused-ring (bicyclic) bond motifs is 2. The van der Waals surface area contributed by atoms with Crippen molar-refractivity contribution in [3.8, 4) is 0 Å². The molecule has 9 heteroatoms. The molecule has 0 saturated heterocycles. The Bertz CT molecular complexity index is 1330. The number of carbonyl (C=O) groups is 1. The van der Waals surface area contributed by atoms with Crippen LogP contribution in [0.5, 0.6) is 0 Å². The van der Waals surface area contributed by atoms with Crippen LogP contribution in [-0.2, 0) is 4.79 Å². The molecule has 0 atom stereocenters. The Morgan fingerprint density at radius 2 is 1.53 bits per heavy atom. The fraction of sp³-hybridized carbons (Fsp3) is 0. The lowest BCUT2D eigenvalue weighted by atomic mass is 10.3. The lowest BCUT2D eigenvalue weighted by molar-refractivity contribution is -0.131. The third-order valence-electron chi connectivity index (χ3n) is 4.23. The Morgan fingerprint density at radius 1 is 0.900 bits per heavy atom. The molecule has 0 spiro atoms. The Hall–Kier alpha value is -3.43. The predicted octanol–water partition coefficient (Wildman–Crippen LogP) is 5.40. The van der Waals surface area contributed by atoms with Crippen LogP contribution >= 0.6 is 23.5 Å². The molecule has 0 bridgehead atoms. The van der Waals surface area contributed by atoms with Crippen molar-refractivity contribution >= 4 is 57.6 Å². The molecule has 0 fully saturated rings. The minimum Gasteiger partial charge on any atom is -0.477 e. The summed E-state index contributed by atoms with van der Waals surface area (Å²) in [5.74, 6) is -0.613. The van der Waals surface area contributed by atoms with Gasteiger partial charge in [0.1, 0.15) is 10.7 Å². The number of benzene rings is 2. The summed E-state index contributed by atoms with van der Waals surface area (Å²) in [5.41, 5.74) is 3.46. The van der Waals surface area contributed by atoms with Crippen LogP contribution in [0, 0.1) is 0 Å². The number of imidazole rings is 2. The molecule has 0 aliphatic carbocycles. The van der Waals surface area contributed by atoms with Gasteiger partial charge < -0.3 is 19.5 Å².